The summed E-state index contributed by atoms with van der Waals surface area (Å²) >= 11 is 0. The van der Waals surface area contributed by atoms with E-state index in [1.807, 2.05) is 55.4 Å². The van der Waals surface area contributed by atoms with Crippen LogP contribution in [-0.4, -0.2) is 43.5 Å². The van der Waals surface area contributed by atoms with Crippen LogP contribution in [0.5, 0.6) is 11.5 Å². The van der Waals surface area contributed by atoms with Crippen LogP contribution < -0.4 is 10.1 Å². The van der Waals surface area contributed by atoms with Gasteiger partial charge in [0.2, 0.25) is 5.91 Å². The number of aryl methyl sites for hydroxylation is 1. The van der Waals surface area contributed by atoms with Gasteiger partial charge in [-0.25, -0.2) is 0 Å². The minimum atomic E-state index is -0.159. The smallest absolute Gasteiger partial charge is 0.320 e. The van der Waals surface area contributed by atoms with Gasteiger partial charge in [-0.15, -0.1) is 0 Å². The molecular formula is C39H50N2O4. The number of benzene rings is 3. The molecule has 1 N–H and O–H groups in total. The number of carbonyl (C=O) groups is 2. The number of nitrogens with one attached hydrogen (secondary N) is 1. The first kappa shape index (κ1) is 32.7. The van der Waals surface area contributed by atoms with Crippen LogP contribution in [0, 0.1) is 5.92 Å². The Balaban J connectivity index is 1.32. The Morgan fingerprint density at radius 1 is 0.933 bits per heavy atom. The molecule has 240 valence electrons. The highest BCUT2D eigenvalue weighted by Crippen LogP contribution is 2.45. The molecule has 1 aliphatic carbocycles. The zero-order valence-corrected chi connectivity index (χ0v) is 27.7. The van der Waals surface area contributed by atoms with Crippen molar-refractivity contribution in [2.24, 2.45) is 5.92 Å². The number of ether oxygens (including phenoxy) is 2. The number of anilines is 1. The summed E-state index contributed by atoms with van der Waals surface area (Å²) in [6.45, 7) is 6.81. The average molecular weight is 611 g/mol. The SMILES string of the molecule is CN(C)CC(=O)OC(CCc1ccc(C(C)(C)C)c(NC(=O)CC2c3ccccc3Oc3ccccc32)c1)CC1CCCCC1. The normalized spacial score (nSPS) is 16.0. The number of fused-ring (bicyclic) bond motifs is 2. The van der Waals surface area contributed by atoms with Gasteiger partial charge in [-0.05, 0) is 74.0 Å². The van der Waals surface area contributed by atoms with Gasteiger partial charge < -0.3 is 14.8 Å². The molecule has 3 aromatic carbocycles. The third-order valence-corrected chi connectivity index (χ3v) is 9.18. The maximum absolute atomic E-state index is 13.8. The van der Waals surface area contributed by atoms with E-state index in [1.165, 1.54) is 32.1 Å². The number of hydrogen-bond acceptors (Lipinski definition) is 5. The lowest BCUT2D eigenvalue weighted by atomic mass is 9.83. The molecule has 6 nitrogen and oxygen atoms in total. The minimum Gasteiger partial charge on any atom is -0.461 e. The molecule has 0 bridgehead atoms. The van der Waals surface area contributed by atoms with Gasteiger partial charge >= 0.3 is 5.97 Å². The summed E-state index contributed by atoms with van der Waals surface area (Å²) in [6, 6.07) is 22.4. The predicted octanol–water partition coefficient (Wildman–Crippen LogP) is 8.63. The minimum absolute atomic E-state index is 0.0260. The topological polar surface area (TPSA) is 67.9 Å². The first-order valence-corrected chi connectivity index (χ1v) is 16.7. The molecule has 1 heterocycles. The standard InChI is InChI=1S/C39H50N2O4/c1-39(2,3)33-22-20-28(19-21-29(44-38(43)26-41(4)5)23-27-13-7-6-8-14-27)24-34(33)40-37(42)25-32-30-15-9-11-17-35(30)45-36-18-12-10-16-31(32)36/h9-12,15-18,20,22,24,27,29,32H,6-8,13-14,19,21,23,25-26H2,1-5H3,(H,40,42). The number of esters is 1. The van der Waals surface area contributed by atoms with Crippen molar-refractivity contribution in [3.8, 4) is 11.5 Å². The van der Waals surface area contributed by atoms with Gasteiger partial charge in [0.05, 0.1) is 6.54 Å². The molecule has 6 heteroatoms. The third kappa shape index (κ3) is 8.76. The van der Waals surface area contributed by atoms with E-state index in [1.54, 1.807) is 0 Å². The Labute approximate surface area is 269 Å². The lowest BCUT2D eigenvalue weighted by Gasteiger charge is -2.29. The number of hydrogen-bond donors (Lipinski definition) is 1. The number of likely N-dealkylation sites (N-methyl/N-ethyl adjacent to an activating group) is 1. The molecule has 1 atom stereocenters. The van der Waals surface area contributed by atoms with Crippen LogP contribution in [-0.2, 0) is 26.2 Å². The number of carbonyl (C=O) groups excluding carboxylic acids is 2. The van der Waals surface area contributed by atoms with E-state index in [2.05, 4.69) is 56.4 Å². The molecule has 1 unspecified atom stereocenters. The highest BCUT2D eigenvalue weighted by atomic mass is 16.5. The van der Waals surface area contributed by atoms with Crippen molar-refractivity contribution in [1.29, 1.82) is 0 Å². The first-order chi connectivity index (χ1) is 21.6. The molecule has 5 rings (SSSR count). The number of para-hydroxylation sites is 2. The van der Waals surface area contributed by atoms with Gasteiger partial charge in [-0.3, -0.25) is 14.5 Å². The maximum atomic E-state index is 13.8. The van der Waals surface area contributed by atoms with Crippen molar-refractivity contribution in [1.82, 2.24) is 4.90 Å². The van der Waals surface area contributed by atoms with E-state index in [0.29, 0.717) is 18.9 Å². The van der Waals surface area contributed by atoms with Crippen LogP contribution in [0.4, 0.5) is 5.69 Å². The van der Waals surface area contributed by atoms with E-state index in [-0.39, 0.29) is 29.3 Å². The Bertz CT molecular complexity index is 1420. The Hall–Kier alpha value is -3.64. The molecule has 1 amide bonds. The van der Waals surface area contributed by atoms with Crippen molar-refractivity contribution in [2.45, 2.75) is 96.0 Å². The fraction of sp³-hybridized carbons (Fsp3) is 0.487. The van der Waals surface area contributed by atoms with Crippen molar-refractivity contribution < 1.29 is 19.1 Å². The lowest BCUT2D eigenvalue weighted by Crippen LogP contribution is -2.29. The Morgan fingerprint density at radius 3 is 2.20 bits per heavy atom. The van der Waals surface area contributed by atoms with Crippen LogP contribution in [0.15, 0.2) is 66.7 Å². The number of nitrogens with zero attached hydrogens (tertiary/aromatic N) is 1. The van der Waals surface area contributed by atoms with Gasteiger partial charge in [0.15, 0.2) is 0 Å². The molecule has 2 aliphatic rings. The van der Waals surface area contributed by atoms with E-state index in [0.717, 1.165) is 58.7 Å². The third-order valence-electron chi connectivity index (χ3n) is 9.18. The largest absolute Gasteiger partial charge is 0.461 e. The molecular weight excluding hydrogens is 560 g/mol. The summed E-state index contributed by atoms with van der Waals surface area (Å²) in [7, 11) is 3.78. The molecule has 1 saturated carbocycles. The van der Waals surface area contributed by atoms with Gasteiger partial charge in [-0.1, -0.05) is 101 Å². The summed E-state index contributed by atoms with van der Waals surface area (Å²) in [4.78, 5) is 28.3. The van der Waals surface area contributed by atoms with Crippen molar-refractivity contribution in [3.05, 3.63) is 89.0 Å². The van der Waals surface area contributed by atoms with E-state index < -0.39 is 0 Å². The second kappa shape index (κ2) is 14.6. The highest BCUT2D eigenvalue weighted by Gasteiger charge is 2.30. The quantitative estimate of drug-likeness (QED) is 0.220. The molecule has 1 aliphatic heterocycles. The highest BCUT2D eigenvalue weighted by molar-refractivity contribution is 5.93. The van der Waals surface area contributed by atoms with Gasteiger partial charge in [0.1, 0.15) is 17.6 Å². The van der Waals surface area contributed by atoms with E-state index in [4.69, 9.17) is 9.47 Å². The van der Waals surface area contributed by atoms with Crippen LogP contribution >= 0.6 is 0 Å². The van der Waals surface area contributed by atoms with Gasteiger partial charge in [0.25, 0.3) is 0 Å². The van der Waals surface area contributed by atoms with E-state index in [9.17, 15) is 9.59 Å². The molecule has 0 saturated heterocycles. The maximum Gasteiger partial charge on any atom is 0.320 e. The van der Waals surface area contributed by atoms with Crippen LogP contribution in [0.2, 0.25) is 0 Å². The molecule has 1 fully saturated rings. The summed E-state index contributed by atoms with van der Waals surface area (Å²) in [5.41, 5.74) is 5.01. The summed E-state index contributed by atoms with van der Waals surface area (Å²) in [5, 5.41) is 3.30. The molecule has 3 aromatic rings. The Kier molecular flexibility index (Phi) is 10.7. The average Bonchev–Trinajstić information content (AvgIpc) is 2.99. The molecule has 0 spiro atoms. The zero-order chi connectivity index (χ0) is 32.0. The van der Waals surface area contributed by atoms with Crippen LogP contribution in [0.1, 0.15) is 100 Å². The monoisotopic (exact) mass is 610 g/mol. The lowest BCUT2D eigenvalue weighted by molar-refractivity contribution is -0.151. The summed E-state index contributed by atoms with van der Waals surface area (Å²) in [5.74, 6) is 1.95. The molecule has 45 heavy (non-hydrogen) atoms. The molecule has 0 aromatic heterocycles. The van der Waals surface area contributed by atoms with Crippen molar-refractivity contribution in [3.63, 3.8) is 0 Å². The number of amides is 1. The summed E-state index contributed by atoms with van der Waals surface area (Å²) < 4.78 is 12.2. The van der Waals surface area contributed by atoms with Crippen LogP contribution in [0.25, 0.3) is 0 Å². The second-order valence-electron chi connectivity index (χ2n) is 14.2. The second-order valence-corrected chi connectivity index (χ2v) is 14.2. The fourth-order valence-electron chi connectivity index (χ4n) is 6.95. The van der Waals surface area contributed by atoms with Gasteiger partial charge in [-0.2, -0.15) is 0 Å². The van der Waals surface area contributed by atoms with Gasteiger partial charge in [0, 0.05) is 29.2 Å². The summed E-state index contributed by atoms with van der Waals surface area (Å²) in [6.07, 6.45) is 8.98. The predicted molar refractivity (Wildman–Crippen MR) is 181 cm³/mol. The number of rotatable bonds is 11. The Morgan fingerprint density at radius 2 is 1.58 bits per heavy atom. The van der Waals surface area contributed by atoms with Crippen molar-refractivity contribution >= 4 is 17.6 Å². The first-order valence-electron chi connectivity index (χ1n) is 16.7. The van der Waals surface area contributed by atoms with Crippen molar-refractivity contribution in [2.75, 3.05) is 26.0 Å². The van der Waals surface area contributed by atoms with Crippen LogP contribution in [0.3, 0.4) is 0 Å². The molecule has 0 radical (unpaired) electrons. The zero-order valence-electron chi connectivity index (χ0n) is 27.7. The fourth-order valence-corrected chi connectivity index (χ4v) is 6.95. The van der Waals surface area contributed by atoms with E-state index >= 15 is 0 Å².